The number of anilines is 2. The van der Waals surface area contributed by atoms with Crippen molar-refractivity contribution in [2.75, 3.05) is 50.0 Å². The Balaban J connectivity index is 1.14. The molecular formula is C30H36N4O5. The molecule has 2 saturated heterocycles. The zero-order chi connectivity index (χ0) is 27.2. The molecule has 2 aromatic carbocycles. The second kappa shape index (κ2) is 12.4. The number of hydrogen-bond acceptors (Lipinski definition) is 5. The average molecular weight is 533 g/mol. The van der Waals surface area contributed by atoms with Crippen molar-refractivity contribution in [3.8, 4) is 0 Å². The van der Waals surface area contributed by atoms with Crippen LogP contribution in [0.5, 0.6) is 0 Å². The van der Waals surface area contributed by atoms with Gasteiger partial charge in [-0.2, -0.15) is 0 Å². The normalized spacial score (nSPS) is 19.6. The van der Waals surface area contributed by atoms with E-state index in [0.29, 0.717) is 49.8 Å². The van der Waals surface area contributed by atoms with Gasteiger partial charge in [-0.05, 0) is 61.6 Å². The van der Waals surface area contributed by atoms with Gasteiger partial charge in [0.2, 0.25) is 17.7 Å². The highest BCUT2D eigenvalue weighted by Gasteiger charge is 2.34. The first-order valence-corrected chi connectivity index (χ1v) is 13.9. The number of likely N-dealkylation sites (tertiary alicyclic amines) is 1. The van der Waals surface area contributed by atoms with Crippen molar-refractivity contribution >= 4 is 35.0 Å². The van der Waals surface area contributed by atoms with Crippen LogP contribution < -0.4 is 10.6 Å². The Bertz CT molecular complexity index is 1220. The smallest absolute Gasteiger partial charge is 0.254 e. The third-order valence-corrected chi connectivity index (χ3v) is 7.81. The summed E-state index contributed by atoms with van der Waals surface area (Å²) in [6, 6.07) is 14.2. The van der Waals surface area contributed by atoms with Gasteiger partial charge in [0.05, 0.1) is 25.6 Å². The van der Waals surface area contributed by atoms with Gasteiger partial charge in [0, 0.05) is 49.0 Å². The van der Waals surface area contributed by atoms with E-state index in [1.807, 2.05) is 17.0 Å². The molecular weight excluding hydrogens is 496 g/mol. The number of nitrogens with one attached hydrogen (secondary N) is 2. The Hall–Kier alpha value is -3.72. The predicted octanol–water partition coefficient (Wildman–Crippen LogP) is 3.32. The molecule has 5 rings (SSSR count). The monoisotopic (exact) mass is 532 g/mol. The minimum atomic E-state index is -0.234. The van der Waals surface area contributed by atoms with Gasteiger partial charge in [0.25, 0.3) is 5.91 Å². The van der Waals surface area contributed by atoms with Crippen LogP contribution in [0.4, 0.5) is 11.4 Å². The maximum absolute atomic E-state index is 13.0. The van der Waals surface area contributed by atoms with Gasteiger partial charge >= 0.3 is 0 Å². The summed E-state index contributed by atoms with van der Waals surface area (Å²) >= 11 is 0. The highest BCUT2D eigenvalue weighted by molar-refractivity contribution is 5.98. The molecule has 4 amide bonds. The molecule has 0 radical (unpaired) electrons. The van der Waals surface area contributed by atoms with Crippen molar-refractivity contribution in [1.29, 1.82) is 0 Å². The van der Waals surface area contributed by atoms with Gasteiger partial charge in [-0.15, -0.1) is 0 Å². The van der Waals surface area contributed by atoms with Crippen LogP contribution >= 0.6 is 0 Å². The summed E-state index contributed by atoms with van der Waals surface area (Å²) in [7, 11) is 0. The number of ether oxygens (including phenoxy) is 1. The van der Waals surface area contributed by atoms with Gasteiger partial charge in [0.1, 0.15) is 0 Å². The van der Waals surface area contributed by atoms with Gasteiger partial charge in [0.15, 0.2) is 0 Å². The topological polar surface area (TPSA) is 108 Å². The van der Waals surface area contributed by atoms with E-state index in [1.54, 1.807) is 41.3 Å². The van der Waals surface area contributed by atoms with E-state index in [4.69, 9.17) is 4.74 Å². The molecule has 2 aromatic rings. The number of nitrogens with zero attached hydrogens (tertiary/aromatic N) is 2. The number of benzene rings is 2. The Labute approximate surface area is 228 Å². The minimum absolute atomic E-state index is 0.0775. The van der Waals surface area contributed by atoms with Crippen LogP contribution in [0, 0.1) is 11.8 Å². The van der Waals surface area contributed by atoms with Crippen LogP contribution in [0.3, 0.4) is 0 Å². The summed E-state index contributed by atoms with van der Waals surface area (Å²) in [5, 5.41) is 5.86. The second-order valence-corrected chi connectivity index (χ2v) is 10.7. The molecule has 206 valence electrons. The molecule has 39 heavy (non-hydrogen) atoms. The van der Waals surface area contributed by atoms with Crippen LogP contribution in [0.2, 0.25) is 0 Å². The van der Waals surface area contributed by atoms with Crippen LogP contribution in [-0.2, 0) is 25.5 Å². The lowest BCUT2D eigenvalue weighted by atomic mass is 9.83. The summed E-state index contributed by atoms with van der Waals surface area (Å²) in [6.07, 6.45) is 4.75. The maximum Gasteiger partial charge on any atom is 0.254 e. The van der Waals surface area contributed by atoms with Crippen LogP contribution in [-0.4, -0.2) is 72.8 Å². The zero-order valence-electron chi connectivity index (χ0n) is 22.2. The minimum Gasteiger partial charge on any atom is -0.378 e. The molecule has 2 N–H and O–H groups in total. The summed E-state index contributed by atoms with van der Waals surface area (Å²) < 4.78 is 5.32. The Kier molecular flexibility index (Phi) is 8.56. The van der Waals surface area contributed by atoms with Crippen LogP contribution in [0.1, 0.15) is 48.0 Å². The van der Waals surface area contributed by atoms with E-state index in [9.17, 15) is 19.2 Å². The molecule has 1 aliphatic carbocycles. The molecule has 2 heterocycles. The molecule has 3 fully saturated rings. The third-order valence-electron chi connectivity index (χ3n) is 7.81. The van der Waals surface area contributed by atoms with Crippen molar-refractivity contribution in [1.82, 2.24) is 9.80 Å². The number of morpholine rings is 1. The van der Waals surface area contributed by atoms with Crippen molar-refractivity contribution < 1.29 is 23.9 Å². The number of hydrogen-bond donors (Lipinski definition) is 2. The maximum atomic E-state index is 13.0. The average Bonchev–Trinajstić information content (AvgIpc) is 2.92. The number of piperidine rings is 1. The first-order chi connectivity index (χ1) is 19.0. The van der Waals surface area contributed by atoms with E-state index in [2.05, 4.69) is 10.6 Å². The van der Waals surface area contributed by atoms with Crippen LogP contribution in [0.25, 0.3) is 0 Å². The van der Waals surface area contributed by atoms with Crippen molar-refractivity contribution in [2.24, 2.45) is 11.8 Å². The number of carbonyl (C=O) groups is 4. The molecule has 3 aliphatic rings. The fraction of sp³-hybridized carbons (Fsp3) is 0.467. The van der Waals surface area contributed by atoms with Gasteiger partial charge in [-0.25, -0.2) is 0 Å². The lowest BCUT2D eigenvalue weighted by Crippen LogP contribution is -2.47. The lowest BCUT2D eigenvalue weighted by Gasteiger charge is -2.36. The van der Waals surface area contributed by atoms with Crippen LogP contribution in [0.15, 0.2) is 48.5 Å². The summed E-state index contributed by atoms with van der Waals surface area (Å²) in [5.74, 6) is -0.282. The second-order valence-electron chi connectivity index (χ2n) is 10.7. The Morgan fingerprint density at radius 1 is 0.795 bits per heavy atom. The highest BCUT2D eigenvalue weighted by atomic mass is 16.5. The Morgan fingerprint density at radius 2 is 1.51 bits per heavy atom. The number of rotatable bonds is 7. The SMILES string of the molecule is O=C(Cc1cccc(NC(=O)C2CCCN(C(=O)C3CCC3)C2)c1)Nc1cccc(C(=O)N2CCOCC2)c1. The fourth-order valence-corrected chi connectivity index (χ4v) is 5.38. The molecule has 1 unspecified atom stereocenters. The molecule has 0 bridgehead atoms. The largest absolute Gasteiger partial charge is 0.378 e. The van der Waals surface area contributed by atoms with E-state index >= 15 is 0 Å². The number of carbonyl (C=O) groups excluding carboxylic acids is 4. The number of amides is 4. The summed E-state index contributed by atoms with van der Waals surface area (Å²) in [6.45, 7) is 3.37. The van der Waals surface area contributed by atoms with E-state index in [-0.39, 0.29) is 41.9 Å². The molecule has 0 spiro atoms. The van der Waals surface area contributed by atoms with Crippen molar-refractivity contribution in [3.63, 3.8) is 0 Å². The Morgan fingerprint density at radius 3 is 2.26 bits per heavy atom. The first-order valence-electron chi connectivity index (χ1n) is 13.9. The first kappa shape index (κ1) is 26.9. The van der Waals surface area contributed by atoms with E-state index in [0.717, 1.165) is 44.2 Å². The molecule has 2 aliphatic heterocycles. The third kappa shape index (κ3) is 6.84. The van der Waals surface area contributed by atoms with Crippen molar-refractivity contribution in [3.05, 3.63) is 59.7 Å². The van der Waals surface area contributed by atoms with E-state index in [1.165, 1.54) is 0 Å². The highest BCUT2D eigenvalue weighted by Crippen LogP contribution is 2.30. The lowest BCUT2D eigenvalue weighted by molar-refractivity contribution is -0.141. The summed E-state index contributed by atoms with van der Waals surface area (Å²) in [5.41, 5.74) is 2.47. The quantitative estimate of drug-likeness (QED) is 0.569. The molecule has 9 heteroatoms. The van der Waals surface area contributed by atoms with Gasteiger partial charge < -0.3 is 25.2 Å². The molecule has 9 nitrogen and oxygen atoms in total. The fourth-order valence-electron chi connectivity index (χ4n) is 5.38. The van der Waals surface area contributed by atoms with Gasteiger partial charge in [-0.1, -0.05) is 24.6 Å². The molecule has 1 saturated carbocycles. The standard InChI is InChI=1S/C30H36N4O5/c35-27(31-26-11-3-8-23(19-26)30(38)33-13-15-39-16-14-33)18-21-5-1-10-25(17-21)32-28(36)24-9-4-12-34(20-24)29(37)22-6-2-7-22/h1,3,5,8,10-11,17,19,22,24H,2,4,6-7,9,12-16,18,20H2,(H,31,35)(H,32,36). The predicted molar refractivity (Wildman–Crippen MR) is 147 cm³/mol. The molecule has 1 atom stereocenters. The zero-order valence-corrected chi connectivity index (χ0v) is 22.2. The van der Waals surface area contributed by atoms with E-state index < -0.39 is 0 Å². The van der Waals surface area contributed by atoms with Gasteiger partial charge in [-0.3, -0.25) is 19.2 Å². The summed E-state index contributed by atoms with van der Waals surface area (Å²) in [4.78, 5) is 54.8. The van der Waals surface area contributed by atoms with Crippen molar-refractivity contribution in [2.45, 2.75) is 38.5 Å². The molecule has 0 aromatic heterocycles.